The van der Waals surface area contributed by atoms with Crippen molar-refractivity contribution < 1.29 is 18.0 Å². The van der Waals surface area contributed by atoms with E-state index in [4.69, 9.17) is 4.74 Å². The molecule has 0 atom stereocenters. The van der Waals surface area contributed by atoms with Gasteiger partial charge in [-0.1, -0.05) is 17.3 Å². The molecule has 0 saturated heterocycles. The summed E-state index contributed by atoms with van der Waals surface area (Å²) in [4.78, 5) is 22.2. The summed E-state index contributed by atoms with van der Waals surface area (Å²) < 4.78 is 37.8. The Morgan fingerprint density at radius 2 is 1.94 bits per heavy atom. The molecule has 0 aliphatic rings. The molecule has 0 unspecified atom stereocenters. The zero-order valence-electron chi connectivity index (χ0n) is 17.1. The lowest BCUT2D eigenvalue weighted by molar-refractivity contribution is 0.341. The van der Waals surface area contributed by atoms with Gasteiger partial charge in [-0.05, 0) is 37.6 Å². The van der Waals surface area contributed by atoms with Gasteiger partial charge >= 0.3 is 5.76 Å². The van der Waals surface area contributed by atoms with Crippen LogP contribution >= 0.6 is 0 Å². The minimum absolute atomic E-state index is 0.0251. The third-order valence-corrected chi connectivity index (χ3v) is 4.68. The number of ether oxygens (including phenoxy) is 1. The van der Waals surface area contributed by atoms with Crippen molar-refractivity contribution in [1.82, 2.24) is 20.1 Å². The number of H-pyrrole nitrogens is 1. The predicted molar refractivity (Wildman–Crippen MR) is 113 cm³/mol. The van der Waals surface area contributed by atoms with E-state index in [0.29, 0.717) is 29.4 Å². The highest BCUT2D eigenvalue weighted by Crippen LogP contribution is 2.32. The van der Waals surface area contributed by atoms with Gasteiger partial charge in [0, 0.05) is 23.7 Å². The van der Waals surface area contributed by atoms with Gasteiger partial charge in [0.2, 0.25) is 0 Å². The molecule has 0 amide bonds. The lowest BCUT2D eigenvalue weighted by Crippen LogP contribution is -2.09. The summed E-state index contributed by atoms with van der Waals surface area (Å²) in [5.74, 6) is -0.546. The Kier molecular flexibility index (Phi) is 6.20. The van der Waals surface area contributed by atoms with Crippen LogP contribution in [-0.2, 0) is 6.42 Å². The topological polar surface area (TPSA) is 106 Å². The van der Waals surface area contributed by atoms with E-state index in [9.17, 15) is 13.6 Å². The van der Waals surface area contributed by atoms with Gasteiger partial charge in [0.15, 0.2) is 5.82 Å². The van der Waals surface area contributed by atoms with Crippen LogP contribution in [0.25, 0.3) is 22.6 Å². The summed E-state index contributed by atoms with van der Waals surface area (Å²) in [6.07, 6.45) is 1.56. The number of aromatic amines is 1. The average molecular weight is 439 g/mol. The lowest BCUT2D eigenvalue weighted by Gasteiger charge is -2.11. The number of nitrogens with one attached hydrogen (secondary N) is 2. The first-order chi connectivity index (χ1) is 15.5. The number of rotatable bonds is 8. The number of benzene rings is 2. The molecule has 0 aliphatic carbocycles. The van der Waals surface area contributed by atoms with Crippen LogP contribution in [0.15, 0.2) is 58.1 Å². The summed E-state index contributed by atoms with van der Waals surface area (Å²) in [5.41, 5.74) is 1.95. The monoisotopic (exact) mass is 439 g/mol. The molecule has 2 aromatic heterocycles. The Bertz CT molecular complexity index is 1270. The van der Waals surface area contributed by atoms with Gasteiger partial charge in [-0.3, -0.25) is 9.51 Å². The molecule has 2 N–H and O–H groups in total. The Labute approximate surface area is 181 Å². The Hall–Kier alpha value is -4.08. The van der Waals surface area contributed by atoms with E-state index in [1.165, 1.54) is 24.5 Å². The second-order valence-corrected chi connectivity index (χ2v) is 6.75. The van der Waals surface area contributed by atoms with Crippen LogP contribution in [0.2, 0.25) is 0 Å². The molecule has 8 nitrogen and oxygen atoms in total. The van der Waals surface area contributed by atoms with Crippen LogP contribution in [0.3, 0.4) is 0 Å². The van der Waals surface area contributed by atoms with E-state index in [1.807, 2.05) is 6.92 Å². The molecule has 2 heterocycles. The van der Waals surface area contributed by atoms with E-state index < -0.39 is 17.4 Å². The molecule has 0 bridgehead atoms. The maximum Gasteiger partial charge on any atom is 0.439 e. The molecule has 4 rings (SSSR count). The van der Waals surface area contributed by atoms with Crippen molar-refractivity contribution in [3.63, 3.8) is 0 Å². The van der Waals surface area contributed by atoms with Gasteiger partial charge in [-0.2, -0.15) is 0 Å². The van der Waals surface area contributed by atoms with Crippen molar-refractivity contribution in [1.29, 1.82) is 0 Å². The summed E-state index contributed by atoms with van der Waals surface area (Å²) >= 11 is 0. The first kappa shape index (κ1) is 21.2. The maximum atomic E-state index is 13.8. The fourth-order valence-electron chi connectivity index (χ4n) is 3.20. The van der Waals surface area contributed by atoms with Crippen LogP contribution in [0.4, 0.5) is 14.6 Å². The van der Waals surface area contributed by atoms with Crippen molar-refractivity contribution in [2.24, 2.45) is 0 Å². The van der Waals surface area contributed by atoms with Crippen LogP contribution in [0, 0.1) is 11.6 Å². The van der Waals surface area contributed by atoms with Crippen molar-refractivity contribution in [3.8, 4) is 28.4 Å². The molecule has 2 aromatic carbocycles. The fraction of sp³-hybridized carbons (Fsp3) is 0.182. The average Bonchev–Trinajstić information content (AvgIpc) is 3.22. The Morgan fingerprint density at radius 3 is 2.66 bits per heavy atom. The number of hydrogen-bond donors (Lipinski definition) is 2. The first-order valence-corrected chi connectivity index (χ1v) is 9.87. The number of anilines is 1. The van der Waals surface area contributed by atoms with Gasteiger partial charge < -0.3 is 10.1 Å². The lowest BCUT2D eigenvalue weighted by atomic mass is 10.1. The van der Waals surface area contributed by atoms with E-state index >= 15 is 0 Å². The van der Waals surface area contributed by atoms with Crippen LogP contribution < -0.4 is 15.8 Å². The van der Waals surface area contributed by atoms with Crippen LogP contribution in [0.1, 0.15) is 12.5 Å². The fourth-order valence-corrected chi connectivity index (χ4v) is 3.20. The highest BCUT2D eigenvalue weighted by atomic mass is 19.1. The number of hydrogen-bond acceptors (Lipinski definition) is 7. The standard InChI is InChI=1S/C22H19F2N5O3/c1-2-31-19-10-13(6-7-15(19)21-28-22(30)32-29-21)18-11-20(27-12-26-18)25-9-8-14-16(23)4-3-5-17(14)24/h3-7,10-12H,2,8-9H2,1H3,(H,25,26,27)(H,28,29,30). The number of nitrogens with zero attached hydrogens (tertiary/aromatic N) is 3. The second kappa shape index (κ2) is 9.38. The van der Waals surface area contributed by atoms with Gasteiger partial charge in [0.05, 0.1) is 17.9 Å². The van der Waals surface area contributed by atoms with E-state index in [2.05, 4.69) is 29.9 Å². The Morgan fingerprint density at radius 1 is 1.12 bits per heavy atom. The maximum absolute atomic E-state index is 13.8. The predicted octanol–water partition coefficient (Wildman–Crippen LogP) is 3.82. The minimum atomic E-state index is -0.659. The van der Waals surface area contributed by atoms with Gasteiger partial charge in [-0.25, -0.2) is 23.5 Å². The summed E-state index contributed by atoms with van der Waals surface area (Å²) in [6.45, 7) is 2.53. The van der Waals surface area contributed by atoms with Gasteiger partial charge in [0.25, 0.3) is 0 Å². The third kappa shape index (κ3) is 4.64. The summed E-state index contributed by atoms with van der Waals surface area (Å²) in [7, 11) is 0. The van der Waals surface area contributed by atoms with Crippen molar-refractivity contribution >= 4 is 5.82 Å². The molecule has 32 heavy (non-hydrogen) atoms. The molecular weight excluding hydrogens is 420 g/mol. The molecular formula is C22H19F2N5O3. The van der Waals surface area contributed by atoms with E-state index in [-0.39, 0.29) is 24.4 Å². The molecule has 0 fully saturated rings. The van der Waals surface area contributed by atoms with Crippen molar-refractivity contribution in [3.05, 3.63) is 76.5 Å². The highest BCUT2D eigenvalue weighted by Gasteiger charge is 2.14. The molecule has 0 aliphatic heterocycles. The van der Waals surface area contributed by atoms with Crippen LogP contribution in [-0.4, -0.2) is 33.3 Å². The van der Waals surface area contributed by atoms with Crippen LogP contribution in [0.5, 0.6) is 5.75 Å². The molecule has 0 spiro atoms. The van der Waals surface area contributed by atoms with E-state index in [1.54, 1.807) is 24.3 Å². The molecule has 0 saturated carbocycles. The Balaban J connectivity index is 1.53. The summed E-state index contributed by atoms with van der Waals surface area (Å²) in [5, 5.41) is 6.76. The highest BCUT2D eigenvalue weighted by molar-refractivity contribution is 5.72. The second-order valence-electron chi connectivity index (χ2n) is 6.75. The number of aromatic nitrogens is 4. The number of halogens is 2. The quantitative estimate of drug-likeness (QED) is 0.430. The minimum Gasteiger partial charge on any atom is -0.493 e. The zero-order chi connectivity index (χ0) is 22.5. The zero-order valence-corrected chi connectivity index (χ0v) is 17.1. The normalized spacial score (nSPS) is 10.8. The molecule has 10 heteroatoms. The van der Waals surface area contributed by atoms with E-state index in [0.717, 1.165) is 5.56 Å². The van der Waals surface area contributed by atoms with Crippen molar-refractivity contribution in [2.75, 3.05) is 18.5 Å². The van der Waals surface area contributed by atoms with Gasteiger partial charge in [0.1, 0.15) is 29.5 Å². The largest absolute Gasteiger partial charge is 0.493 e. The summed E-state index contributed by atoms with van der Waals surface area (Å²) in [6, 6.07) is 10.8. The SMILES string of the molecule is CCOc1cc(-c2cc(NCCc3c(F)cccc3F)ncn2)ccc1-c1noc(=O)[nH]1. The van der Waals surface area contributed by atoms with Gasteiger partial charge in [-0.15, -0.1) is 0 Å². The molecule has 164 valence electrons. The molecule has 4 aromatic rings. The first-order valence-electron chi connectivity index (χ1n) is 9.87. The molecule has 0 radical (unpaired) electrons. The van der Waals surface area contributed by atoms with Crippen molar-refractivity contribution in [2.45, 2.75) is 13.3 Å². The third-order valence-electron chi connectivity index (χ3n) is 4.68. The smallest absolute Gasteiger partial charge is 0.439 e.